The fourth-order valence-electron chi connectivity index (χ4n) is 3.49. The van der Waals surface area contributed by atoms with Gasteiger partial charge in [0.2, 0.25) is 15.8 Å². The Morgan fingerprint density at radius 1 is 1.15 bits per heavy atom. The minimum Gasteiger partial charge on any atom is -0.497 e. The lowest BCUT2D eigenvalue weighted by Crippen LogP contribution is -2.18. The van der Waals surface area contributed by atoms with E-state index in [0.717, 1.165) is 17.7 Å². The van der Waals surface area contributed by atoms with Gasteiger partial charge in [-0.2, -0.15) is 5.10 Å². The van der Waals surface area contributed by atoms with E-state index in [1.54, 1.807) is 37.4 Å². The summed E-state index contributed by atoms with van der Waals surface area (Å²) < 4.78 is 61.1. The molecule has 0 unspecified atom stereocenters. The summed E-state index contributed by atoms with van der Waals surface area (Å²) in [6.07, 6.45) is 1.85. The summed E-state index contributed by atoms with van der Waals surface area (Å²) in [7, 11) is -2.32. The summed E-state index contributed by atoms with van der Waals surface area (Å²) in [6.45, 7) is 1.65. The van der Waals surface area contributed by atoms with Gasteiger partial charge < -0.3 is 4.74 Å². The minimum absolute atomic E-state index is 0.176. The molecule has 2 heterocycles. The lowest BCUT2D eigenvalue weighted by atomic mass is 10.0. The van der Waals surface area contributed by atoms with Gasteiger partial charge in [0.05, 0.1) is 29.5 Å². The number of nitrogens with zero attached hydrogens (tertiary/aromatic N) is 2. The summed E-state index contributed by atoms with van der Waals surface area (Å²) in [5.41, 5.74) is -0.0533. The van der Waals surface area contributed by atoms with E-state index in [-0.39, 0.29) is 22.5 Å². The van der Waals surface area contributed by atoms with Crippen LogP contribution in [0.25, 0.3) is 22.2 Å². The number of pyridine rings is 1. The monoisotopic (exact) mass is 486 g/mol. The predicted molar refractivity (Wildman–Crippen MR) is 123 cm³/mol. The van der Waals surface area contributed by atoms with E-state index >= 15 is 4.39 Å². The molecule has 0 radical (unpaired) electrons. The highest BCUT2D eigenvalue weighted by molar-refractivity contribution is 7.92. The Morgan fingerprint density at radius 3 is 2.68 bits per heavy atom. The first-order valence-corrected chi connectivity index (χ1v) is 11.9. The molecule has 0 spiro atoms. The number of carbonyl (C=O) groups excluding carboxylic acids is 1. The van der Waals surface area contributed by atoms with Gasteiger partial charge >= 0.3 is 0 Å². The summed E-state index contributed by atoms with van der Waals surface area (Å²) in [4.78, 5) is 17.4. The molecular formula is C23H20F2N4O4S. The van der Waals surface area contributed by atoms with Crippen LogP contribution in [0.2, 0.25) is 0 Å². The number of anilines is 1. The third-order valence-electron chi connectivity index (χ3n) is 5.10. The lowest BCUT2D eigenvalue weighted by Gasteiger charge is -2.11. The Balaban J connectivity index is 1.78. The summed E-state index contributed by atoms with van der Waals surface area (Å²) >= 11 is 0. The molecule has 0 fully saturated rings. The van der Waals surface area contributed by atoms with Gasteiger partial charge in [0.25, 0.3) is 0 Å². The number of benzene rings is 2. The van der Waals surface area contributed by atoms with Crippen LogP contribution < -0.4 is 9.46 Å². The molecule has 0 amide bonds. The number of hydrogen-bond donors (Lipinski definition) is 2. The van der Waals surface area contributed by atoms with Gasteiger partial charge in [-0.1, -0.05) is 19.1 Å². The van der Waals surface area contributed by atoms with Gasteiger partial charge in [-0.3, -0.25) is 14.6 Å². The third-order valence-corrected chi connectivity index (χ3v) is 6.57. The number of aromatic nitrogens is 3. The van der Waals surface area contributed by atoms with Crippen LogP contribution in [-0.2, 0) is 10.0 Å². The van der Waals surface area contributed by atoms with Crippen LogP contribution in [0.4, 0.5) is 14.5 Å². The molecule has 0 bridgehead atoms. The SMILES string of the molecule is CCCS(=O)(=O)Nc1ccc(F)c(C(=O)c2[nH]nc3ncc(-c4cccc(OC)c4)cc23)c1F. The second-order valence-corrected chi connectivity index (χ2v) is 9.30. The standard InChI is InChI=1S/C23H20F2N4O4S/c1-3-9-34(31,32)29-18-8-7-17(24)19(20(18)25)22(30)21-16-11-14(12-26-23(16)28-27-21)13-5-4-6-15(10-13)33-2/h4-8,10-12,29H,3,9H2,1-2H3,(H,26,27,28). The molecule has 0 aliphatic carbocycles. The first kappa shape index (κ1) is 23.3. The van der Waals surface area contributed by atoms with Crippen molar-refractivity contribution < 1.29 is 26.7 Å². The molecule has 0 aliphatic rings. The maximum atomic E-state index is 15.1. The highest BCUT2D eigenvalue weighted by atomic mass is 32.2. The smallest absolute Gasteiger partial charge is 0.232 e. The molecular weight excluding hydrogens is 466 g/mol. The number of aromatic amines is 1. The maximum Gasteiger partial charge on any atom is 0.232 e. The van der Waals surface area contributed by atoms with E-state index in [0.29, 0.717) is 17.7 Å². The van der Waals surface area contributed by atoms with Crippen molar-refractivity contribution in [2.75, 3.05) is 17.6 Å². The molecule has 2 aromatic heterocycles. The fourth-order valence-corrected chi connectivity index (χ4v) is 4.62. The molecule has 8 nitrogen and oxygen atoms in total. The number of halogens is 2. The van der Waals surface area contributed by atoms with E-state index in [1.165, 1.54) is 7.11 Å². The minimum atomic E-state index is -3.86. The van der Waals surface area contributed by atoms with E-state index in [9.17, 15) is 17.6 Å². The van der Waals surface area contributed by atoms with Gasteiger partial charge in [-0.05, 0) is 42.3 Å². The van der Waals surface area contributed by atoms with Crippen molar-refractivity contribution in [2.24, 2.45) is 0 Å². The van der Waals surface area contributed by atoms with Crippen molar-refractivity contribution in [3.05, 3.63) is 71.6 Å². The van der Waals surface area contributed by atoms with Gasteiger partial charge in [-0.15, -0.1) is 0 Å². The van der Waals surface area contributed by atoms with Crippen molar-refractivity contribution in [1.82, 2.24) is 15.2 Å². The predicted octanol–water partition coefficient (Wildman–Crippen LogP) is 4.29. The van der Waals surface area contributed by atoms with E-state index < -0.39 is 38.7 Å². The van der Waals surface area contributed by atoms with E-state index in [2.05, 4.69) is 19.9 Å². The summed E-state index contributed by atoms with van der Waals surface area (Å²) in [5, 5.41) is 6.71. The second kappa shape index (κ2) is 9.18. The zero-order chi connectivity index (χ0) is 24.5. The van der Waals surface area contributed by atoms with Crippen LogP contribution in [0.5, 0.6) is 5.75 Å². The molecule has 2 aromatic carbocycles. The molecule has 34 heavy (non-hydrogen) atoms. The molecule has 0 atom stereocenters. The number of sulfonamides is 1. The van der Waals surface area contributed by atoms with Crippen molar-refractivity contribution in [3.8, 4) is 16.9 Å². The third kappa shape index (κ3) is 4.46. The molecule has 0 aliphatic heterocycles. The number of hydrogen-bond acceptors (Lipinski definition) is 6. The number of carbonyl (C=O) groups is 1. The van der Waals surface area contributed by atoms with Crippen LogP contribution in [0.15, 0.2) is 48.7 Å². The van der Waals surface area contributed by atoms with Crippen LogP contribution in [0.3, 0.4) is 0 Å². The number of nitrogens with one attached hydrogen (secondary N) is 2. The van der Waals surface area contributed by atoms with Crippen molar-refractivity contribution in [1.29, 1.82) is 0 Å². The van der Waals surface area contributed by atoms with Crippen LogP contribution >= 0.6 is 0 Å². The topological polar surface area (TPSA) is 114 Å². The Bertz CT molecular complexity index is 1500. The molecule has 2 N–H and O–H groups in total. The second-order valence-electron chi connectivity index (χ2n) is 7.46. The van der Waals surface area contributed by atoms with Crippen LogP contribution in [0, 0.1) is 11.6 Å². The van der Waals surface area contributed by atoms with E-state index in [1.807, 2.05) is 6.07 Å². The first-order valence-electron chi connectivity index (χ1n) is 10.3. The number of ether oxygens (including phenoxy) is 1. The van der Waals surface area contributed by atoms with Gasteiger partial charge in [0.1, 0.15) is 17.3 Å². The molecule has 4 rings (SSSR count). The van der Waals surface area contributed by atoms with Crippen LogP contribution in [0.1, 0.15) is 29.4 Å². The summed E-state index contributed by atoms with van der Waals surface area (Å²) in [6, 6.07) is 10.5. The first-order chi connectivity index (χ1) is 16.2. The Hall–Kier alpha value is -3.86. The number of ketones is 1. The maximum absolute atomic E-state index is 15.1. The normalized spacial score (nSPS) is 11.5. The number of H-pyrrole nitrogens is 1. The van der Waals surface area contributed by atoms with Crippen LogP contribution in [-0.4, -0.2) is 42.2 Å². The average molecular weight is 487 g/mol. The zero-order valence-electron chi connectivity index (χ0n) is 18.2. The number of fused-ring (bicyclic) bond motifs is 1. The highest BCUT2D eigenvalue weighted by Gasteiger charge is 2.26. The molecule has 11 heteroatoms. The van der Waals surface area contributed by atoms with E-state index in [4.69, 9.17) is 4.74 Å². The summed E-state index contributed by atoms with van der Waals surface area (Å²) in [5.74, 6) is -3.12. The average Bonchev–Trinajstić information content (AvgIpc) is 3.24. The van der Waals surface area contributed by atoms with Gasteiger partial charge in [-0.25, -0.2) is 22.2 Å². The number of methoxy groups -OCH3 is 1. The molecule has 4 aromatic rings. The van der Waals surface area contributed by atoms with Crippen molar-refractivity contribution in [3.63, 3.8) is 0 Å². The van der Waals surface area contributed by atoms with Gasteiger partial charge in [0, 0.05) is 11.8 Å². The number of rotatable bonds is 8. The zero-order valence-corrected chi connectivity index (χ0v) is 19.0. The molecule has 0 saturated carbocycles. The van der Waals surface area contributed by atoms with Crippen molar-refractivity contribution in [2.45, 2.75) is 13.3 Å². The highest BCUT2D eigenvalue weighted by Crippen LogP contribution is 2.29. The Kier molecular flexibility index (Phi) is 6.29. The molecule has 176 valence electrons. The van der Waals surface area contributed by atoms with Gasteiger partial charge in [0.15, 0.2) is 11.5 Å². The van der Waals surface area contributed by atoms with Crippen molar-refractivity contribution >= 4 is 32.5 Å². The largest absolute Gasteiger partial charge is 0.497 e. The lowest BCUT2D eigenvalue weighted by molar-refractivity contribution is 0.102. The Labute approximate surface area is 194 Å². The Morgan fingerprint density at radius 2 is 1.94 bits per heavy atom. The quantitative estimate of drug-likeness (QED) is 0.359. The fraction of sp³-hybridized carbons (Fsp3) is 0.174. The molecule has 0 saturated heterocycles.